The van der Waals surface area contributed by atoms with Crippen LogP contribution in [0.3, 0.4) is 0 Å². The molecule has 1 spiro atoms. The normalized spacial score (nSPS) is 19.3. The Labute approximate surface area is 258 Å². The van der Waals surface area contributed by atoms with E-state index in [1.165, 1.54) is 14.2 Å². The Kier molecular flexibility index (Phi) is 9.25. The molecule has 1 amide bonds. The first-order valence-corrected chi connectivity index (χ1v) is 15.8. The van der Waals surface area contributed by atoms with E-state index in [4.69, 9.17) is 24.9 Å². The third kappa shape index (κ3) is 6.78. The van der Waals surface area contributed by atoms with Gasteiger partial charge in [0, 0.05) is 62.1 Å². The topological polar surface area (TPSA) is 129 Å². The van der Waals surface area contributed by atoms with Gasteiger partial charge in [-0.05, 0) is 60.8 Å². The number of nitrogens with zero attached hydrogens (tertiary/aromatic N) is 2. The number of aliphatic hydroxyl groups excluding tert-OH is 1. The Morgan fingerprint density at radius 1 is 1.21 bits per heavy atom. The summed E-state index contributed by atoms with van der Waals surface area (Å²) in [5, 5.41) is 18.2. The van der Waals surface area contributed by atoms with Crippen LogP contribution >= 0.6 is 11.3 Å². The van der Waals surface area contributed by atoms with Gasteiger partial charge in [0.2, 0.25) is 5.88 Å². The van der Waals surface area contributed by atoms with Gasteiger partial charge in [0.25, 0.3) is 11.7 Å². The summed E-state index contributed by atoms with van der Waals surface area (Å²) >= 11 is 1.55. The molecule has 0 unspecified atom stereocenters. The number of fused-ring (bicyclic) bond motifs is 1. The zero-order valence-corrected chi connectivity index (χ0v) is 26.6. The van der Waals surface area contributed by atoms with Crippen molar-refractivity contribution in [3.8, 4) is 16.5 Å². The van der Waals surface area contributed by atoms with Crippen molar-refractivity contribution < 1.29 is 24.1 Å². The van der Waals surface area contributed by atoms with Gasteiger partial charge in [0.05, 0.1) is 12.0 Å². The van der Waals surface area contributed by atoms with Gasteiger partial charge in [-0.3, -0.25) is 4.79 Å². The van der Waals surface area contributed by atoms with Crippen LogP contribution in [-0.4, -0.2) is 59.2 Å². The molecule has 1 saturated carbocycles. The quantitative estimate of drug-likeness (QED) is 0.250. The highest BCUT2D eigenvalue weighted by atomic mass is 32.1. The second-order valence-corrected chi connectivity index (χ2v) is 14.0. The standard InChI is InChI=1S/C33H44N4O5S/c1-31(2,3)17-22-15-24-26(18-32(10-7-11-32)42-28(24)37-19-22)36-20-27(38)25(33(40-4,41-5)30(34)39)16-21-8-6-9-23(14-21)29-35-12-13-43-29/h6,8-9,12-15,19,25-27,36,38H,7,10-11,16-18,20H2,1-5H3,(H2,34,39)/t25-,26-,27-/m0/s1. The molecule has 2 aromatic heterocycles. The molecule has 4 N–H and O–H groups in total. The molecule has 0 saturated heterocycles. The van der Waals surface area contributed by atoms with E-state index < -0.39 is 23.7 Å². The Bertz CT molecular complexity index is 1400. The number of carbonyl (C=O) groups is 1. The van der Waals surface area contributed by atoms with Crippen molar-refractivity contribution in [2.75, 3.05) is 20.8 Å². The number of methoxy groups -OCH3 is 2. The summed E-state index contributed by atoms with van der Waals surface area (Å²) in [4.78, 5) is 22.0. The molecule has 9 nitrogen and oxygen atoms in total. The van der Waals surface area contributed by atoms with E-state index in [9.17, 15) is 9.90 Å². The second-order valence-electron chi connectivity index (χ2n) is 13.1. The van der Waals surface area contributed by atoms with Gasteiger partial charge in [-0.15, -0.1) is 11.3 Å². The van der Waals surface area contributed by atoms with Crippen LogP contribution in [-0.2, 0) is 27.1 Å². The molecule has 3 heterocycles. The molecule has 1 aliphatic heterocycles. The fourth-order valence-corrected chi connectivity index (χ4v) is 7.13. The number of primary amides is 1. The molecule has 3 atom stereocenters. The molecule has 5 rings (SSSR count). The molecule has 0 bridgehead atoms. The number of hydrogen-bond acceptors (Lipinski definition) is 9. The van der Waals surface area contributed by atoms with Crippen LogP contribution < -0.4 is 15.8 Å². The smallest absolute Gasteiger partial charge is 0.278 e. The minimum absolute atomic E-state index is 0.0759. The van der Waals surface area contributed by atoms with Gasteiger partial charge >= 0.3 is 0 Å². The van der Waals surface area contributed by atoms with Crippen LogP contribution in [0.4, 0.5) is 0 Å². The Morgan fingerprint density at radius 3 is 2.58 bits per heavy atom. The molecule has 1 aliphatic carbocycles. The summed E-state index contributed by atoms with van der Waals surface area (Å²) in [6.07, 6.45) is 7.69. The monoisotopic (exact) mass is 608 g/mol. The first-order chi connectivity index (χ1) is 20.5. The maximum absolute atomic E-state index is 12.8. The number of aromatic nitrogens is 2. The summed E-state index contributed by atoms with van der Waals surface area (Å²) in [7, 11) is 2.76. The second kappa shape index (κ2) is 12.6. The van der Waals surface area contributed by atoms with E-state index in [0.29, 0.717) is 5.88 Å². The fourth-order valence-electron chi connectivity index (χ4n) is 6.50. The van der Waals surface area contributed by atoms with E-state index in [1.54, 1.807) is 17.5 Å². The van der Waals surface area contributed by atoms with Gasteiger partial charge < -0.3 is 30.4 Å². The van der Waals surface area contributed by atoms with Crippen molar-refractivity contribution in [3.05, 3.63) is 64.8 Å². The number of benzene rings is 1. The Hall–Kier alpha value is -2.89. The molecular weight excluding hydrogens is 564 g/mol. The van der Waals surface area contributed by atoms with E-state index in [2.05, 4.69) is 37.1 Å². The number of pyridine rings is 1. The largest absolute Gasteiger partial charge is 0.471 e. The van der Waals surface area contributed by atoms with Crippen LogP contribution in [0.15, 0.2) is 48.1 Å². The summed E-state index contributed by atoms with van der Waals surface area (Å²) in [6.45, 7) is 6.81. The third-order valence-corrected chi connectivity index (χ3v) is 9.56. The van der Waals surface area contributed by atoms with Crippen molar-refractivity contribution in [3.63, 3.8) is 0 Å². The zero-order valence-electron chi connectivity index (χ0n) is 25.8. The lowest BCUT2D eigenvalue weighted by atomic mass is 9.73. The number of aliphatic hydroxyl groups is 1. The molecule has 3 aromatic rings. The predicted octanol–water partition coefficient (Wildman–Crippen LogP) is 4.82. The van der Waals surface area contributed by atoms with Crippen molar-refractivity contribution in [1.29, 1.82) is 0 Å². The minimum atomic E-state index is -1.83. The highest BCUT2D eigenvalue weighted by molar-refractivity contribution is 7.13. The zero-order chi connectivity index (χ0) is 30.8. The lowest BCUT2D eigenvalue weighted by Gasteiger charge is -2.47. The highest BCUT2D eigenvalue weighted by Gasteiger charge is 2.50. The van der Waals surface area contributed by atoms with E-state index in [-0.39, 0.29) is 30.0 Å². The van der Waals surface area contributed by atoms with Crippen LogP contribution in [0.25, 0.3) is 10.6 Å². The Balaban J connectivity index is 1.41. The molecule has 43 heavy (non-hydrogen) atoms. The van der Waals surface area contributed by atoms with Crippen LogP contribution in [0.2, 0.25) is 0 Å². The van der Waals surface area contributed by atoms with Gasteiger partial charge in [-0.2, -0.15) is 0 Å². The molecule has 10 heteroatoms. The summed E-state index contributed by atoms with van der Waals surface area (Å²) in [5.41, 5.74) is 9.75. The maximum Gasteiger partial charge on any atom is 0.278 e. The molecule has 0 radical (unpaired) electrons. The number of carbonyl (C=O) groups excluding carboxylic acids is 1. The number of amides is 1. The SMILES string of the molecule is COC(OC)(C(N)=O)[C@@H](Cc1cccc(-c2nccs2)c1)[C@@H](O)CN[C@H]1CC2(CCC2)Oc2ncc(CC(C)(C)C)cc21. The third-order valence-electron chi connectivity index (χ3n) is 8.74. The number of ether oxygens (including phenoxy) is 3. The van der Waals surface area contributed by atoms with E-state index >= 15 is 0 Å². The lowest BCUT2D eigenvalue weighted by molar-refractivity contribution is -0.242. The summed E-state index contributed by atoms with van der Waals surface area (Å²) in [6, 6.07) is 10.0. The molecule has 1 aromatic carbocycles. The van der Waals surface area contributed by atoms with Crippen molar-refractivity contribution >= 4 is 17.2 Å². The molecule has 232 valence electrons. The summed E-state index contributed by atoms with van der Waals surface area (Å²) < 4.78 is 17.8. The average Bonchev–Trinajstić information content (AvgIpc) is 3.50. The lowest BCUT2D eigenvalue weighted by Crippen LogP contribution is -2.59. The number of nitrogens with one attached hydrogen (secondary N) is 1. The number of rotatable bonds is 12. The predicted molar refractivity (Wildman–Crippen MR) is 167 cm³/mol. The van der Waals surface area contributed by atoms with E-state index in [0.717, 1.165) is 59.4 Å². The Morgan fingerprint density at radius 2 is 1.98 bits per heavy atom. The molecule has 1 fully saturated rings. The number of thiazole rings is 1. The average molecular weight is 609 g/mol. The molecular formula is C33H44N4O5S. The molecule has 2 aliphatic rings. The number of nitrogens with two attached hydrogens (primary N) is 1. The van der Waals surface area contributed by atoms with Crippen LogP contribution in [0.5, 0.6) is 5.88 Å². The van der Waals surface area contributed by atoms with Crippen molar-refractivity contribution in [2.45, 2.75) is 82.8 Å². The van der Waals surface area contributed by atoms with Gasteiger partial charge in [-0.25, -0.2) is 9.97 Å². The van der Waals surface area contributed by atoms with Gasteiger partial charge in [0.1, 0.15) is 10.6 Å². The maximum atomic E-state index is 12.8. The number of hydrogen-bond donors (Lipinski definition) is 3. The van der Waals surface area contributed by atoms with Crippen molar-refractivity contribution in [1.82, 2.24) is 15.3 Å². The fraction of sp³-hybridized carbons (Fsp3) is 0.545. The first-order valence-electron chi connectivity index (χ1n) is 15.0. The van der Waals surface area contributed by atoms with E-state index in [1.807, 2.05) is 35.8 Å². The van der Waals surface area contributed by atoms with Crippen LogP contribution in [0.1, 0.15) is 69.2 Å². The van der Waals surface area contributed by atoms with Crippen LogP contribution in [0, 0.1) is 11.3 Å². The highest BCUT2D eigenvalue weighted by Crippen LogP contribution is 2.48. The minimum Gasteiger partial charge on any atom is -0.471 e. The van der Waals surface area contributed by atoms with Gasteiger partial charge in [-0.1, -0.05) is 39.0 Å². The van der Waals surface area contributed by atoms with Crippen molar-refractivity contribution in [2.24, 2.45) is 17.1 Å². The van der Waals surface area contributed by atoms with Gasteiger partial charge in [0.15, 0.2) is 0 Å². The summed E-state index contributed by atoms with van der Waals surface area (Å²) in [5.74, 6) is -2.77. The first kappa shape index (κ1) is 31.5.